The number of rotatable bonds is 8. The molecule has 2 saturated carbocycles. The summed E-state index contributed by atoms with van der Waals surface area (Å²) in [4.78, 5) is 21.9. The van der Waals surface area contributed by atoms with Crippen LogP contribution in [0.4, 0.5) is 21.6 Å². The molecule has 5 rings (SSSR count). The van der Waals surface area contributed by atoms with Crippen molar-refractivity contribution in [3.05, 3.63) is 41.5 Å². The van der Waals surface area contributed by atoms with Crippen LogP contribution >= 0.6 is 11.3 Å². The summed E-state index contributed by atoms with van der Waals surface area (Å²) < 4.78 is 15.4. The number of anilines is 3. The molecule has 2 aliphatic carbocycles. The zero-order chi connectivity index (χ0) is 25.3. The van der Waals surface area contributed by atoms with Crippen LogP contribution < -0.4 is 16.0 Å². The number of fused-ring (bicyclic) bond motifs is 3. The average Bonchev–Trinajstić information content (AvgIpc) is 3.30. The quantitative estimate of drug-likeness (QED) is 0.312. The van der Waals surface area contributed by atoms with Crippen LogP contribution in [0.15, 0.2) is 36.0 Å². The van der Waals surface area contributed by atoms with Crippen molar-refractivity contribution in [1.82, 2.24) is 15.3 Å². The van der Waals surface area contributed by atoms with Crippen LogP contribution in [0.2, 0.25) is 0 Å². The largest absolute Gasteiger partial charge is 0.387 e. The number of pyridine rings is 1. The minimum atomic E-state index is -1.58. The highest BCUT2D eigenvalue weighted by atomic mass is 32.1. The summed E-state index contributed by atoms with van der Waals surface area (Å²) in [5.74, 6) is 1.41. The molecule has 1 aromatic carbocycles. The third kappa shape index (κ3) is 5.47. The molecule has 2 fully saturated rings. The lowest BCUT2D eigenvalue weighted by Gasteiger charge is -2.43. The number of halogens is 1. The molecule has 192 valence electrons. The number of amides is 1. The Balaban J connectivity index is 1.40. The number of thiazole rings is 1. The van der Waals surface area contributed by atoms with E-state index in [9.17, 15) is 14.3 Å². The van der Waals surface area contributed by atoms with Gasteiger partial charge in [0, 0.05) is 24.0 Å². The van der Waals surface area contributed by atoms with E-state index < -0.39 is 17.7 Å². The lowest BCUT2D eigenvalue weighted by molar-refractivity contribution is -0.00177. The monoisotopic (exact) mass is 511 g/mol. The molecule has 3 aromatic rings. The van der Waals surface area contributed by atoms with E-state index >= 15 is 0 Å². The molecule has 4 N–H and O–H groups in total. The molecule has 2 bridgehead atoms. The third-order valence-electron chi connectivity index (χ3n) is 7.60. The highest BCUT2D eigenvalue weighted by Gasteiger charge is 2.37. The maximum Gasteiger partial charge on any atom is 0.255 e. The van der Waals surface area contributed by atoms with E-state index in [-0.39, 0.29) is 6.54 Å². The second-order valence-corrected chi connectivity index (χ2v) is 11.5. The summed E-state index contributed by atoms with van der Waals surface area (Å²) in [6, 6.07) is 8.15. The molecular weight excluding hydrogens is 477 g/mol. The van der Waals surface area contributed by atoms with Crippen LogP contribution in [0.5, 0.6) is 0 Å². The number of hydrogen-bond acceptors (Lipinski definition) is 7. The highest BCUT2D eigenvalue weighted by Crippen LogP contribution is 2.42. The Morgan fingerprint density at radius 3 is 2.58 bits per heavy atom. The number of aliphatic hydroxyl groups is 1. The SMILES string of the molecule is CC(C)(O)[C@H](F)CNC(=O)c1cnc(Nc2ccc3ncsc3c2)cc1NC1C2CCCC1CCC2. The fraction of sp³-hybridized carbons (Fsp3) is 0.519. The molecule has 0 saturated heterocycles. The highest BCUT2D eigenvalue weighted by molar-refractivity contribution is 7.16. The molecule has 1 amide bonds. The summed E-state index contributed by atoms with van der Waals surface area (Å²) >= 11 is 1.58. The number of aromatic nitrogens is 2. The maximum atomic E-state index is 14.3. The summed E-state index contributed by atoms with van der Waals surface area (Å²) in [7, 11) is 0. The van der Waals surface area contributed by atoms with E-state index in [4.69, 9.17) is 0 Å². The Morgan fingerprint density at radius 2 is 1.89 bits per heavy atom. The summed E-state index contributed by atoms with van der Waals surface area (Å²) in [6.45, 7) is 2.51. The lowest BCUT2D eigenvalue weighted by Crippen LogP contribution is -2.44. The van der Waals surface area contributed by atoms with Crippen LogP contribution in [0.25, 0.3) is 10.2 Å². The van der Waals surface area contributed by atoms with Crippen molar-refractivity contribution < 1.29 is 14.3 Å². The van der Waals surface area contributed by atoms with Crippen molar-refractivity contribution in [2.75, 3.05) is 17.2 Å². The van der Waals surface area contributed by atoms with Crippen LogP contribution in [0, 0.1) is 11.8 Å². The zero-order valence-corrected chi connectivity index (χ0v) is 21.6. The van der Waals surface area contributed by atoms with Gasteiger partial charge in [0.2, 0.25) is 0 Å². The first kappa shape index (κ1) is 24.9. The van der Waals surface area contributed by atoms with Gasteiger partial charge in [-0.2, -0.15) is 0 Å². The third-order valence-corrected chi connectivity index (χ3v) is 8.39. The van der Waals surface area contributed by atoms with Gasteiger partial charge in [0.1, 0.15) is 12.0 Å². The van der Waals surface area contributed by atoms with E-state index in [1.54, 1.807) is 17.5 Å². The van der Waals surface area contributed by atoms with Gasteiger partial charge in [-0.25, -0.2) is 14.4 Å². The van der Waals surface area contributed by atoms with Crippen LogP contribution in [-0.2, 0) is 0 Å². The average molecular weight is 512 g/mol. The fourth-order valence-corrected chi connectivity index (χ4v) is 6.24. The molecule has 36 heavy (non-hydrogen) atoms. The van der Waals surface area contributed by atoms with E-state index in [1.165, 1.54) is 52.4 Å². The second-order valence-electron chi connectivity index (χ2n) is 10.7. The molecule has 1 atom stereocenters. The smallest absolute Gasteiger partial charge is 0.255 e. The topological polar surface area (TPSA) is 99.2 Å². The van der Waals surface area contributed by atoms with E-state index in [2.05, 4.69) is 25.9 Å². The number of nitrogens with one attached hydrogen (secondary N) is 3. The van der Waals surface area contributed by atoms with Crippen LogP contribution in [-0.4, -0.2) is 45.3 Å². The molecule has 2 heterocycles. The number of hydrogen-bond donors (Lipinski definition) is 4. The first-order valence-corrected chi connectivity index (χ1v) is 13.7. The van der Waals surface area contributed by atoms with Crippen LogP contribution in [0.3, 0.4) is 0 Å². The Hall–Kier alpha value is -2.78. The van der Waals surface area contributed by atoms with Gasteiger partial charge < -0.3 is 21.1 Å². The van der Waals surface area contributed by atoms with Crippen molar-refractivity contribution in [2.45, 2.75) is 70.2 Å². The van der Waals surface area contributed by atoms with Gasteiger partial charge in [-0.3, -0.25) is 4.79 Å². The summed E-state index contributed by atoms with van der Waals surface area (Å²) in [5, 5.41) is 19.6. The Kier molecular flexibility index (Phi) is 7.12. The van der Waals surface area contributed by atoms with E-state index in [0.717, 1.165) is 15.9 Å². The first-order chi connectivity index (χ1) is 17.3. The Labute approximate surface area is 214 Å². The molecule has 9 heteroatoms. The summed E-state index contributed by atoms with van der Waals surface area (Å²) in [5.41, 5.74) is 3.22. The standard InChI is InChI=1S/C27H34FN5O2S/c1-27(2,35)23(28)14-30-26(34)19-13-29-24(32-18-9-10-20-22(11-18)36-15-31-20)12-21(19)33-25-16-5-3-6-17(25)8-4-7-16/h9-13,15-17,23,25,35H,3-8,14H2,1-2H3,(H,30,34)(H2,29,32,33)/t16?,17?,23-,25?/m1/s1. The van der Waals surface area contributed by atoms with Gasteiger partial charge in [0.15, 0.2) is 0 Å². The van der Waals surface area contributed by atoms with Gasteiger partial charge in [0.25, 0.3) is 5.91 Å². The lowest BCUT2D eigenvalue weighted by atomic mass is 9.68. The predicted molar refractivity (Wildman–Crippen MR) is 143 cm³/mol. The van der Waals surface area contributed by atoms with Crippen molar-refractivity contribution in [1.29, 1.82) is 0 Å². The molecule has 7 nitrogen and oxygen atoms in total. The van der Waals surface area contributed by atoms with E-state index in [0.29, 0.717) is 34.9 Å². The Bertz CT molecular complexity index is 1200. The summed E-state index contributed by atoms with van der Waals surface area (Å²) in [6.07, 6.45) is 7.31. The number of nitrogens with zero attached hydrogens (tertiary/aromatic N) is 2. The van der Waals surface area contributed by atoms with Crippen molar-refractivity contribution in [3.8, 4) is 0 Å². The van der Waals surface area contributed by atoms with Crippen molar-refractivity contribution in [2.24, 2.45) is 11.8 Å². The zero-order valence-electron chi connectivity index (χ0n) is 20.8. The van der Waals surface area contributed by atoms with Gasteiger partial charge >= 0.3 is 0 Å². The van der Waals surface area contributed by atoms with Gasteiger partial charge in [-0.05, 0) is 69.6 Å². The molecule has 0 radical (unpaired) electrons. The van der Waals surface area contributed by atoms with Crippen LogP contribution in [0.1, 0.15) is 62.7 Å². The first-order valence-electron chi connectivity index (χ1n) is 12.8. The Morgan fingerprint density at radius 1 is 1.17 bits per heavy atom. The molecular formula is C27H34FN5O2S. The predicted octanol–water partition coefficient (Wildman–Crippen LogP) is 5.65. The van der Waals surface area contributed by atoms with Crippen molar-refractivity contribution in [3.63, 3.8) is 0 Å². The van der Waals surface area contributed by atoms with E-state index in [1.807, 2.05) is 29.8 Å². The van der Waals surface area contributed by atoms with Gasteiger partial charge in [-0.1, -0.05) is 12.8 Å². The molecule has 0 unspecified atom stereocenters. The number of alkyl halides is 1. The minimum absolute atomic E-state index is 0.273. The maximum absolute atomic E-state index is 14.3. The number of carbonyl (C=O) groups is 1. The van der Waals surface area contributed by atoms with Gasteiger partial charge in [0.05, 0.1) is 39.1 Å². The molecule has 2 aliphatic rings. The van der Waals surface area contributed by atoms with Crippen molar-refractivity contribution >= 4 is 44.7 Å². The normalized spacial score (nSPS) is 22.7. The minimum Gasteiger partial charge on any atom is -0.387 e. The number of carbonyl (C=O) groups excluding carboxylic acids is 1. The number of benzene rings is 1. The molecule has 0 spiro atoms. The molecule has 0 aliphatic heterocycles. The van der Waals surface area contributed by atoms with Gasteiger partial charge in [-0.15, -0.1) is 11.3 Å². The molecule has 2 aromatic heterocycles. The second kappa shape index (κ2) is 10.3. The fourth-order valence-electron chi connectivity index (χ4n) is 5.52.